The maximum Gasteiger partial charge on any atom is 0.251 e. The lowest BCUT2D eigenvalue weighted by Gasteiger charge is -2.37. The molecule has 0 spiro atoms. The molecular weight excluding hydrogens is 318 g/mol. The van der Waals surface area contributed by atoms with Crippen molar-refractivity contribution < 1.29 is 26.8 Å². The van der Waals surface area contributed by atoms with Gasteiger partial charge in [0.25, 0.3) is 5.92 Å². The molecule has 2 aliphatic rings. The van der Waals surface area contributed by atoms with E-state index < -0.39 is 27.6 Å². The van der Waals surface area contributed by atoms with Gasteiger partial charge in [-0.1, -0.05) is 5.16 Å². The summed E-state index contributed by atoms with van der Waals surface area (Å²) in [5.74, 6) is -4.23. The highest BCUT2D eigenvalue weighted by molar-refractivity contribution is 7.89. The summed E-state index contributed by atoms with van der Waals surface area (Å²) in [5, 5.41) is 12.7. The Morgan fingerprint density at radius 3 is 2.73 bits per heavy atom. The van der Waals surface area contributed by atoms with Gasteiger partial charge >= 0.3 is 0 Å². The summed E-state index contributed by atoms with van der Waals surface area (Å²) in [5.41, 5.74) is 0.585. The Morgan fingerprint density at radius 1 is 1.45 bits per heavy atom. The van der Waals surface area contributed by atoms with E-state index in [9.17, 15) is 17.2 Å². The van der Waals surface area contributed by atoms with Crippen molar-refractivity contribution >= 4 is 10.0 Å². The van der Waals surface area contributed by atoms with E-state index in [1.807, 2.05) is 0 Å². The number of aliphatic hydroxyl groups excluding tert-OH is 1. The molecule has 9 heteroatoms. The van der Waals surface area contributed by atoms with E-state index in [4.69, 9.17) is 9.63 Å². The van der Waals surface area contributed by atoms with Gasteiger partial charge in [0.1, 0.15) is 6.61 Å². The second-order valence-electron chi connectivity index (χ2n) is 6.02. The molecule has 0 amide bonds. The van der Waals surface area contributed by atoms with Gasteiger partial charge in [0.05, 0.1) is 11.4 Å². The fourth-order valence-corrected chi connectivity index (χ4v) is 4.96. The molecule has 1 aromatic rings. The number of halogens is 2. The number of hydrogen-bond acceptors (Lipinski definition) is 5. The van der Waals surface area contributed by atoms with Crippen LogP contribution in [0.25, 0.3) is 0 Å². The van der Waals surface area contributed by atoms with E-state index >= 15 is 0 Å². The summed E-state index contributed by atoms with van der Waals surface area (Å²) in [6.07, 6.45) is 0.407. The zero-order valence-electron chi connectivity index (χ0n) is 11.9. The van der Waals surface area contributed by atoms with Crippen LogP contribution in [0.4, 0.5) is 8.78 Å². The van der Waals surface area contributed by atoms with Crippen LogP contribution in [0.15, 0.2) is 10.6 Å². The Morgan fingerprint density at radius 2 is 2.18 bits per heavy atom. The van der Waals surface area contributed by atoms with Gasteiger partial charge < -0.3 is 9.63 Å². The van der Waals surface area contributed by atoms with E-state index in [-0.39, 0.29) is 38.5 Å². The molecule has 2 fully saturated rings. The monoisotopic (exact) mass is 336 g/mol. The van der Waals surface area contributed by atoms with Gasteiger partial charge in [-0.15, -0.1) is 0 Å². The quantitative estimate of drug-likeness (QED) is 0.877. The lowest BCUT2D eigenvalue weighted by molar-refractivity contribution is -0.0292. The maximum absolute atomic E-state index is 13.6. The van der Waals surface area contributed by atoms with Crippen LogP contribution in [0.5, 0.6) is 0 Å². The first-order valence-corrected chi connectivity index (χ1v) is 8.85. The smallest absolute Gasteiger partial charge is 0.251 e. The first-order chi connectivity index (χ1) is 10.3. The topological polar surface area (TPSA) is 83.6 Å². The Bertz CT molecular complexity index is 640. The average Bonchev–Trinajstić information content (AvgIpc) is 2.95. The Labute approximate surface area is 127 Å². The van der Waals surface area contributed by atoms with Crippen molar-refractivity contribution in [3.05, 3.63) is 17.5 Å². The Balaban J connectivity index is 1.59. The summed E-state index contributed by atoms with van der Waals surface area (Å²) in [4.78, 5) is 0. The number of alkyl halides is 2. The van der Waals surface area contributed by atoms with Crippen molar-refractivity contribution in [2.24, 2.45) is 5.92 Å². The lowest BCUT2D eigenvalue weighted by atomic mass is 9.99. The van der Waals surface area contributed by atoms with Crippen molar-refractivity contribution in [3.63, 3.8) is 0 Å². The van der Waals surface area contributed by atoms with E-state index in [2.05, 4.69) is 5.16 Å². The van der Waals surface area contributed by atoms with E-state index in [1.54, 1.807) is 6.07 Å². The fourth-order valence-electron chi connectivity index (χ4n) is 3.01. The van der Waals surface area contributed by atoms with Crippen LogP contribution in [-0.4, -0.2) is 47.8 Å². The third-order valence-corrected chi connectivity index (χ3v) is 6.37. The summed E-state index contributed by atoms with van der Waals surface area (Å²) in [6, 6.07) is 1.58. The van der Waals surface area contributed by atoms with Crippen LogP contribution in [0.3, 0.4) is 0 Å². The van der Waals surface area contributed by atoms with Gasteiger partial charge in [-0.2, -0.15) is 0 Å². The molecule has 1 saturated carbocycles. The van der Waals surface area contributed by atoms with Crippen LogP contribution in [0.2, 0.25) is 0 Å². The zero-order valence-corrected chi connectivity index (χ0v) is 12.7. The normalized spacial score (nSPS) is 26.2. The number of aromatic nitrogens is 1. The predicted molar refractivity (Wildman–Crippen MR) is 72.8 cm³/mol. The summed E-state index contributed by atoms with van der Waals surface area (Å²) in [7, 11) is -3.67. The highest BCUT2D eigenvalue weighted by Gasteiger charge is 2.48. The Kier molecular flexibility index (Phi) is 3.98. The fraction of sp³-hybridized carbons (Fsp3) is 0.769. The van der Waals surface area contributed by atoms with Gasteiger partial charge in [-0.3, -0.25) is 0 Å². The van der Waals surface area contributed by atoms with Gasteiger partial charge in [0.2, 0.25) is 10.0 Å². The van der Waals surface area contributed by atoms with E-state index in [0.29, 0.717) is 17.9 Å². The molecule has 2 heterocycles. The summed E-state index contributed by atoms with van der Waals surface area (Å²) >= 11 is 0. The molecule has 1 N–H and O–H groups in total. The van der Waals surface area contributed by atoms with Crippen LogP contribution >= 0.6 is 0 Å². The number of hydrogen-bond donors (Lipinski definition) is 1. The number of sulfonamides is 1. The summed E-state index contributed by atoms with van der Waals surface area (Å²) < 4.78 is 57.6. The largest absolute Gasteiger partial charge is 0.388 e. The van der Waals surface area contributed by atoms with Crippen molar-refractivity contribution in [2.75, 3.05) is 18.8 Å². The minimum absolute atomic E-state index is 0.108. The van der Waals surface area contributed by atoms with Crippen molar-refractivity contribution in [3.8, 4) is 0 Å². The van der Waals surface area contributed by atoms with Crippen molar-refractivity contribution in [1.82, 2.24) is 9.46 Å². The van der Waals surface area contributed by atoms with Crippen LogP contribution in [-0.2, 0) is 16.6 Å². The molecule has 1 aromatic heterocycles. The zero-order chi connectivity index (χ0) is 16.0. The number of aliphatic hydroxyl groups is 1. The minimum Gasteiger partial charge on any atom is -0.388 e. The molecule has 1 atom stereocenters. The highest BCUT2D eigenvalue weighted by Crippen LogP contribution is 2.42. The van der Waals surface area contributed by atoms with Crippen LogP contribution in [0, 0.1) is 5.92 Å². The number of nitrogens with zero attached hydrogens (tertiary/aromatic N) is 2. The summed E-state index contributed by atoms with van der Waals surface area (Å²) in [6.45, 7) is 0.175. The molecule has 124 valence electrons. The second kappa shape index (κ2) is 5.54. The average molecular weight is 336 g/mol. The molecule has 3 rings (SSSR count). The first-order valence-electron chi connectivity index (χ1n) is 7.24. The number of rotatable bonds is 5. The Hall–Kier alpha value is -1.06. The van der Waals surface area contributed by atoms with Crippen LogP contribution < -0.4 is 0 Å². The molecule has 1 unspecified atom stereocenters. The van der Waals surface area contributed by atoms with Gasteiger partial charge in [0, 0.05) is 37.4 Å². The minimum atomic E-state index is -3.67. The predicted octanol–water partition coefficient (Wildman–Crippen LogP) is 1.33. The molecule has 0 bridgehead atoms. The third kappa shape index (κ3) is 2.89. The van der Waals surface area contributed by atoms with Gasteiger partial charge in [-0.25, -0.2) is 21.5 Å². The molecule has 6 nitrogen and oxygen atoms in total. The molecule has 1 aliphatic carbocycles. The van der Waals surface area contributed by atoms with Crippen molar-refractivity contribution in [1.29, 1.82) is 0 Å². The second-order valence-corrected chi connectivity index (χ2v) is 8.03. The van der Waals surface area contributed by atoms with Crippen LogP contribution in [0.1, 0.15) is 36.6 Å². The molecule has 0 radical (unpaired) electrons. The van der Waals surface area contributed by atoms with Crippen molar-refractivity contribution in [2.45, 2.75) is 37.7 Å². The maximum atomic E-state index is 13.6. The molecule has 1 saturated heterocycles. The highest BCUT2D eigenvalue weighted by atomic mass is 32.2. The molecule has 22 heavy (non-hydrogen) atoms. The van der Waals surface area contributed by atoms with Gasteiger partial charge in [0.15, 0.2) is 5.76 Å². The van der Waals surface area contributed by atoms with E-state index in [0.717, 1.165) is 0 Å². The third-order valence-electron chi connectivity index (χ3n) is 4.46. The standard InChI is InChI=1S/C13H18F2N2O4S/c14-13(15)3-1-2-10(13)8-22(19,20)17-5-9(6-17)12-4-11(7-18)21-16-12/h4,9-10,18H,1-3,5-8H2. The molecule has 0 aromatic carbocycles. The molecular formula is C13H18F2N2O4S. The SMILES string of the molecule is O=S(=O)(CC1CCCC1(F)F)N1CC(c2cc(CO)on2)C1. The van der Waals surface area contributed by atoms with Gasteiger partial charge in [-0.05, 0) is 12.8 Å². The molecule has 1 aliphatic heterocycles. The lowest BCUT2D eigenvalue weighted by Crippen LogP contribution is -2.50. The van der Waals surface area contributed by atoms with E-state index in [1.165, 1.54) is 4.31 Å². The first kappa shape index (κ1) is 15.8.